The summed E-state index contributed by atoms with van der Waals surface area (Å²) >= 11 is 1.56. The number of amides is 2. The molecule has 1 saturated heterocycles. The summed E-state index contributed by atoms with van der Waals surface area (Å²) in [5, 5.41) is 3.61. The minimum absolute atomic E-state index is 0.0196. The van der Waals surface area contributed by atoms with Crippen molar-refractivity contribution in [2.45, 2.75) is 51.7 Å². The van der Waals surface area contributed by atoms with Gasteiger partial charge in [0.2, 0.25) is 5.91 Å². The van der Waals surface area contributed by atoms with Crippen molar-refractivity contribution in [3.63, 3.8) is 0 Å². The molecule has 1 fully saturated rings. The highest BCUT2D eigenvalue weighted by Gasteiger charge is 2.26. The van der Waals surface area contributed by atoms with Crippen molar-refractivity contribution in [1.29, 1.82) is 0 Å². The summed E-state index contributed by atoms with van der Waals surface area (Å²) in [5.41, 5.74) is 0.406. The van der Waals surface area contributed by atoms with Crippen LogP contribution in [0.5, 0.6) is 0 Å². The van der Waals surface area contributed by atoms with E-state index in [9.17, 15) is 9.59 Å². The SMILES string of the molecule is CC(C)(C)OC(=O)NCC1CCCCN1C(=O)/C=C/c1nc2ccccc2s1. The van der Waals surface area contributed by atoms with Gasteiger partial charge in [-0.05, 0) is 58.2 Å². The second-order valence-electron chi connectivity index (χ2n) is 7.92. The van der Waals surface area contributed by atoms with Crippen molar-refractivity contribution >= 4 is 39.6 Å². The quantitative estimate of drug-likeness (QED) is 0.779. The van der Waals surface area contributed by atoms with Gasteiger partial charge in [0, 0.05) is 25.2 Å². The molecule has 2 heterocycles. The lowest BCUT2D eigenvalue weighted by atomic mass is 10.0. The van der Waals surface area contributed by atoms with Crippen molar-refractivity contribution in [3.05, 3.63) is 35.3 Å². The molecule has 28 heavy (non-hydrogen) atoms. The first-order valence-corrected chi connectivity index (χ1v) is 10.4. The van der Waals surface area contributed by atoms with Gasteiger partial charge >= 0.3 is 6.09 Å². The number of rotatable bonds is 4. The van der Waals surface area contributed by atoms with Gasteiger partial charge in [0.05, 0.1) is 10.2 Å². The van der Waals surface area contributed by atoms with E-state index in [4.69, 9.17) is 4.74 Å². The third kappa shape index (κ3) is 5.55. The molecule has 1 unspecified atom stereocenters. The minimum Gasteiger partial charge on any atom is -0.444 e. The van der Waals surface area contributed by atoms with Gasteiger partial charge < -0.3 is 15.0 Å². The number of hydrogen-bond acceptors (Lipinski definition) is 5. The summed E-state index contributed by atoms with van der Waals surface area (Å²) in [7, 11) is 0. The number of benzene rings is 1. The van der Waals surface area contributed by atoms with Crippen molar-refractivity contribution in [2.24, 2.45) is 0 Å². The Kier molecular flexibility index (Phi) is 6.34. The summed E-state index contributed by atoms with van der Waals surface area (Å²) in [5.74, 6) is -0.0463. The number of aromatic nitrogens is 1. The monoisotopic (exact) mass is 401 g/mol. The number of thiazole rings is 1. The molecule has 6 nitrogen and oxygen atoms in total. The highest BCUT2D eigenvalue weighted by atomic mass is 32.1. The Morgan fingerprint density at radius 2 is 2.11 bits per heavy atom. The van der Waals surface area contributed by atoms with Crippen LogP contribution < -0.4 is 5.32 Å². The Hall–Kier alpha value is -2.41. The van der Waals surface area contributed by atoms with Crippen LogP contribution in [0.15, 0.2) is 30.3 Å². The third-order valence-corrected chi connectivity index (χ3v) is 5.47. The van der Waals surface area contributed by atoms with Gasteiger partial charge in [-0.15, -0.1) is 11.3 Å². The Morgan fingerprint density at radius 1 is 1.32 bits per heavy atom. The molecule has 0 radical (unpaired) electrons. The van der Waals surface area contributed by atoms with Gasteiger partial charge in [0.1, 0.15) is 10.6 Å². The summed E-state index contributed by atoms with van der Waals surface area (Å²) in [6, 6.07) is 7.91. The van der Waals surface area contributed by atoms with Crippen LogP contribution in [0.4, 0.5) is 4.79 Å². The van der Waals surface area contributed by atoms with Crippen LogP contribution in [0.25, 0.3) is 16.3 Å². The predicted octanol–water partition coefficient (Wildman–Crippen LogP) is 4.22. The number of carbonyl (C=O) groups is 2. The molecule has 1 N–H and O–H groups in total. The first-order valence-electron chi connectivity index (χ1n) is 9.63. The van der Waals surface area contributed by atoms with Crippen molar-refractivity contribution in [2.75, 3.05) is 13.1 Å². The molecule has 1 atom stereocenters. The Balaban J connectivity index is 1.60. The number of likely N-dealkylation sites (tertiary alicyclic amines) is 1. The molecule has 0 saturated carbocycles. The van der Waals surface area contributed by atoms with Crippen LogP contribution in [0.2, 0.25) is 0 Å². The number of para-hydroxylation sites is 1. The molecule has 1 aliphatic rings. The second kappa shape index (κ2) is 8.73. The van der Waals surface area contributed by atoms with E-state index in [0.717, 1.165) is 34.5 Å². The van der Waals surface area contributed by atoms with Gasteiger partial charge in [0.25, 0.3) is 0 Å². The molecule has 150 valence electrons. The van der Waals surface area contributed by atoms with E-state index < -0.39 is 11.7 Å². The fourth-order valence-corrected chi connectivity index (χ4v) is 4.09. The second-order valence-corrected chi connectivity index (χ2v) is 8.98. The van der Waals surface area contributed by atoms with Crippen LogP contribution in [-0.2, 0) is 9.53 Å². The molecule has 1 aromatic carbocycles. The predicted molar refractivity (Wildman–Crippen MR) is 112 cm³/mol. The number of piperidine rings is 1. The number of fused-ring (bicyclic) bond motifs is 1. The first kappa shape index (κ1) is 20.3. The fourth-order valence-electron chi connectivity index (χ4n) is 3.22. The third-order valence-electron chi connectivity index (χ3n) is 4.47. The standard InChI is InChI=1S/C21H27N3O3S/c1-21(2,3)27-20(26)22-14-15-8-6-7-13-24(15)19(25)12-11-18-23-16-9-4-5-10-17(16)28-18/h4-5,9-12,15H,6-8,13-14H2,1-3H3,(H,22,26)/b12-11+. The van der Waals surface area contributed by atoms with Crippen LogP contribution in [-0.4, -0.2) is 46.6 Å². The summed E-state index contributed by atoms with van der Waals surface area (Å²) in [6.45, 7) is 6.58. The van der Waals surface area contributed by atoms with Gasteiger partial charge in [-0.3, -0.25) is 4.79 Å². The van der Waals surface area contributed by atoms with Crippen molar-refractivity contribution in [1.82, 2.24) is 15.2 Å². The smallest absolute Gasteiger partial charge is 0.407 e. The van der Waals surface area contributed by atoms with Crippen LogP contribution in [0.3, 0.4) is 0 Å². The Labute approximate surface area is 169 Å². The number of alkyl carbamates (subject to hydrolysis) is 1. The molecular formula is C21H27N3O3S. The zero-order valence-corrected chi connectivity index (χ0v) is 17.4. The van der Waals surface area contributed by atoms with Gasteiger partial charge in [-0.25, -0.2) is 9.78 Å². The summed E-state index contributed by atoms with van der Waals surface area (Å²) < 4.78 is 6.39. The highest BCUT2D eigenvalue weighted by molar-refractivity contribution is 7.19. The maximum atomic E-state index is 12.7. The van der Waals surface area contributed by atoms with E-state index in [1.54, 1.807) is 23.5 Å². The maximum absolute atomic E-state index is 12.7. The average Bonchev–Trinajstić information content (AvgIpc) is 3.06. The Morgan fingerprint density at radius 3 is 2.86 bits per heavy atom. The number of nitrogens with zero attached hydrogens (tertiary/aromatic N) is 2. The van der Waals surface area contributed by atoms with Gasteiger partial charge in [0.15, 0.2) is 0 Å². The highest BCUT2D eigenvalue weighted by Crippen LogP contribution is 2.23. The lowest BCUT2D eigenvalue weighted by Crippen LogP contribution is -2.49. The van der Waals surface area contributed by atoms with Crippen LogP contribution in [0.1, 0.15) is 45.0 Å². The number of ether oxygens (including phenoxy) is 1. The van der Waals surface area contributed by atoms with E-state index >= 15 is 0 Å². The molecule has 0 aliphatic carbocycles. The van der Waals surface area contributed by atoms with Gasteiger partial charge in [-0.1, -0.05) is 12.1 Å². The fraction of sp³-hybridized carbons (Fsp3) is 0.476. The summed E-state index contributed by atoms with van der Waals surface area (Å²) in [6.07, 6.45) is 5.81. The first-order chi connectivity index (χ1) is 13.3. The van der Waals surface area contributed by atoms with E-state index in [-0.39, 0.29) is 11.9 Å². The average molecular weight is 402 g/mol. The molecule has 2 amide bonds. The van der Waals surface area contributed by atoms with Crippen LogP contribution >= 0.6 is 11.3 Å². The largest absolute Gasteiger partial charge is 0.444 e. The zero-order chi connectivity index (χ0) is 20.1. The molecule has 1 aliphatic heterocycles. The molecule has 1 aromatic heterocycles. The molecular weight excluding hydrogens is 374 g/mol. The lowest BCUT2D eigenvalue weighted by molar-refractivity contribution is -0.129. The zero-order valence-electron chi connectivity index (χ0n) is 16.6. The topological polar surface area (TPSA) is 71.5 Å². The molecule has 2 aromatic rings. The normalized spacial score (nSPS) is 17.8. The maximum Gasteiger partial charge on any atom is 0.407 e. The van der Waals surface area contributed by atoms with Crippen molar-refractivity contribution < 1.29 is 14.3 Å². The molecule has 0 spiro atoms. The molecule has 0 bridgehead atoms. The number of nitrogens with one attached hydrogen (secondary N) is 1. The van der Waals surface area contributed by atoms with Crippen molar-refractivity contribution in [3.8, 4) is 0 Å². The van der Waals surface area contributed by atoms with E-state index in [1.165, 1.54) is 0 Å². The number of hydrogen-bond donors (Lipinski definition) is 1. The van der Waals surface area contributed by atoms with Crippen LogP contribution in [0, 0.1) is 0 Å². The number of carbonyl (C=O) groups excluding carboxylic acids is 2. The summed E-state index contributed by atoms with van der Waals surface area (Å²) in [4.78, 5) is 31.0. The van der Waals surface area contributed by atoms with E-state index in [0.29, 0.717) is 13.1 Å². The Bertz CT molecular complexity index is 836. The molecule has 3 rings (SSSR count). The molecule has 7 heteroatoms. The van der Waals surface area contributed by atoms with E-state index in [2.05, 4.69) is 10.3 Å². The lowest BCUT2D eigenvalue weighted by Gasteiger charge is -2.35. The minimum atomic E-state index is -0.536. The van der Waals surface area contributed by atoms with Gasteiger partial charge in [-0.2, -0.15) is 0 Å². The van der Waals surface area contributed by atoms with E-state index in [1.807, 2.05) is 49.9 Å².